The van der Waals surface area contributed by atoms with Crippen molar-refractivity contribution in [3.63, 3.8) is 0 Å². The van der Waals surface area contributed by atoms with E-state index in [4.69, 9.17) is 5.26 Å². The number of pyridine rings is 1. The van der Waals surface area contributed by atoms with Crippen LogP contribution in [0.1, 0.15) is 34.0 Å². The van der Waals surface area contributed by atoms with Gasteiger partial charge in [-0.1, -0.05) is 6.07 Å². The number of nitriles is 1. The molecule has 1 aromatic carbocycles. The molecule has 0 spiro atoms. The van der Waals surface area contributed by atoms with Gasteiger partial charge in [-0.25, -0.2) is 9.37 Å². The lowest BCUT2D eigenvalue weighted by Crippen LogP contribution is -2.12. The molecule has 0 saturated heterocycles. The van der Waals surface area contributed by atoms with Crippen molar-refractivity contribution in [2.45, 2.75) is 19.9 Å². The lowest BCUT2D eigenvalue weighted by molar-refractivity contribution is 0.102. The van der Waals surface area contributed by atoms with Crippen LogP contribution >= 0.6 is 0 Å². The molecule has 1 amide bonds. The number of aryl methyl sites for hydroxylation is 1. The fourth-order valence-electron chi connectivity index (χ4n) is 2.50. The van der Waals surface area contributed by atoms with Crippen molar-refractivity contribution in [1.29, 1.82) is 5.26 Å². The average Bonchev–Trinajstić information content (AvgIpc) is 3.12. The molecule has 2 heterocycles. The highest BCUT2D eigenvalue weighted by atomic mass is 19.1. The summed E-state index contributed by atoms with van der Waals surface area (Å²) in [5.74, 6) is -0.308. The van der Waals surface area contributed by atoms with Crippen LogP contribution in [0.15, 0.2) is 48.9 Å². The van der Waals surface area contributed by atoms with Gasteiger partial charge in [0.2, 0.25) is 0 Å². The van der Waals surface area contributed by atoms with Gasteiger partial charge in [0.15, 0.2) is 0 Å². The third kappa shape index (κ3) is 4.11. The van der Waals surface area contributed by atoms with Gasteiger partial charge in [-0.2, -0.15) is 10.4 Å². The Labute approximate surface area is 149 Å². The number of anilines is 1. The highest BCUT2D eigenvalue weighted by molar-refractivity contribution is 6.03. The molecule has 0 aliphatic carbocycles. The first-order valence-electron chi connectivity index (χ1n) is 8.05. The minimum atomic E-state index is -0.441. The largest absolute Gasteiger partial charge is 0.306 e. The van der Waals surface area contributed by atoms with Crippen molar-refractivity contribution in [3.8, 4) is 6.07 Å². The van der Waals surface area contributed by atoms with Crippen molar-refractivity contribution in [1.82, 2.24) is 14.8 Å². The summed E-state index contributed by atoms with van der Waals surface area (Å²) in [6.45, 7) is 2.63. The summed E-state index contributed by atoms with van der Waals surface area (Å²) in [5.41, 5.74) is 2.27. The molecule has 2 aromatic heterocycles. The number of hydrogen-bond donors (Lipinski definition) is 1. The van der Waals surface area contributed by atoms with Crippen LogP contribution in [0.3, 0.4) is 0 Å². The topological polar surface area (TPSA) is 83.6 Å². The number of nitrogens with one attached hydrogen (secondary N) is 1. The van der Waals surface area contributed by atoms with Crippen molar-refractivity contribution in [2.75, 3.05) is 5.32 Å². The second-order valence-corrected chi connectivity index (χ2v) is 5.73. The number of carbonyl (C=O) groups is 1. The fourth-order valence-corrected chi connectivity index (χ4v) is 2.50. The second-order valence-electron chi connectivity index (χ2n) is 5.73. The summed E-state index contributed by atoms with van der Waals surface area (Å²) in [6, 6.07) is 9.65. The van der Waals surface area contributed by atoms with E-state index < -0.39 is 5.82 Å². The van der Waals surface area contributed by atoms with Crippen LogP contribution in [0.25, 0.3) is 0 Å². The minimum absolute atomic E-state index is 0.282. The van der Waals surface area contributed by atoms with E-state index in [-0.39, 0.29) is 11.5 Å². The second kappa shape index (κ2) is 7.57. The molecule has 3 rings (SSSR count). The number of benzene rings is 1. The monoisotopic (exact) mass is 349 g/mol. The van der Waals surface area contributed by atoms with Gasteiger partial charge in [-0.05, 0) is 48.7 Å². The molecule has 0 fully saturated rings. The Morgan fingerprint density at radius 3 is 2.77 bits per heavy atom. The summed E-state index contributed by atoms with van der Waals surface area (Å²) in [4.78, 5) is 16.4. The van der Waals surface area contributed by atoms with Gasteiger partial charge < -0.3 is 5.32 Å². The van der Waals surface area contributed by atoms with E-state index in [9.17, 15) is 9.18 Å². The molecule has 0 atom stereocenters. The number of hydrogen-bond acceptors (Lipinski definition) is 4. The smallest absolute Gasteiger partial charge is 0.260 e. The van der Waals surface area contributed by atoms with Crippen molar-refractivity contribution in [2.24, 2.45) is 0 Å². The zero-order valence-electron chi connectivity index (χ0n) is 14.1. The SMILES string of the molecule is CCn1cc(C(=O)Nc2ccc(Cc3cc(F)cc(C#N)c3)cn2)cn1. The molecule has 7 heteroatoms. The minimum Gasteiger partial charge on any atom is -0.306 e. The first-order chi connectivity index (χ1) is 12.6. The van der Waals surface area contributed by atoms with Crippen LogP contribution in [-0.2, 0) is 13.0 Å². The highest BCUT2D eigenvalue weighted by Gasteiger charge is 2.09. The quantitative estimate of drug-likeness (QED) is 0.767. The van der Waals surface area contributed by atoms with E-state index in [1.54, 1.807) is 35.3 Å². The number of rotatable bonds is 5. The maximum absolute atomic E-state index is 13.5. The molecule has 0 aliphatic rings. The zero-order valence-corrected chi connectivity index (χ0v) is 14.1. The van der Waals surface area contributed by atoms with E-state index in [0.29, 0.717) is 29.9 Å². The van der Waals surface area contributed by atoms with Gasteiger partial charge in [0.05, 0.1) is 23.4 Å². The normalized spacial score (nSPS) is 10.3. The average molecular weight is 349 g/mol. The number of amides is 1. The van der Waals surface area contributed by atoms with E-state index in [1.807, 2.05) is 13.0 Å². The number of carbonyl (C=O) groups excluding carboxylic acids is 1. The molecule has 0 bridgehead atoms. The van der Waals surface area contributed by atoms with Crippen molar-refractivity contribution < 1.29 is 9.18 Å². The maximum Gasteiger partial charge on any atom is 0.260 e. The molecule has 0 saturated carbocycles. The Balaban J connectivity index is 1.68. The predicted octanol–water partition coefficient (Wildman–Crippen LogP) is 3.15. The van der Waals surface area contributed by atoms with E-state index in [1.165, 1.54) is 18.3 Å². The third-order valence-electron chi connectivity index (χ3n) is 3.78. The molecule has 26 heavy (non-hydrogen) atoms. The molecule has 3 aromatic rings. The van der Waals surface area contributed by atoms with Crippen LogP contribution in [-0.4, -0.2) is 20.7 Å². The molecule has 0 radical (unpaired) electrons. The van der Waals surface area contributed by atoms with Crippen LogP contribution in [0.2, 0.25) is 0 Å². The molecule has 1 N–H and O–H groups in total. The molecule has 0 unspecified atom stereocenters. The predicted molar refractivity (Wildman–Crippen MR) is 94.0 cm³/mol. The summed E-state index contributed by atoms with van der Waals surface area (Å²) >= 11 is 0. The Morgan fingerprint density at radius 2 is 2.12 bits per heavy atom. The van der Waals surface area contributed by atoms with Gasteiger partial charge in [0, 0.05) is 18.9 Å². The van der Waals surface area contributed by atoms with Gasteiger partial charge in [0.25, 0.3) is 5.91 Å². The molecular weight excluding hydrogens is 333 g/mol. The lowest BCUT2D eigenvalue weighted by Gasteiger charge is -2.06. The maximum atomic E-state index is 13.5. The van der Waals surface area contributed by atoms with E-state index in [2.05, 4.69) is 15.4 Å². The van der Waals surface area contributed by atoms with Gasteiger partial charge >= 0.3 is 0 Å². The van der Waals surface area contributed by atoms with Gasteiger partial charge in [-0.15, -0.1) is 0 Å². The molecule has 0 aliphatic heterocycles. The number of nitrogens with zero attached hydrogens (tertiary/aromatic N) is 4. The zero-order chi connectivity index (χ0) is 18.5. The Bertz CT molecular complexity index is 972. The van der Waals surface area contributed by atoms with Crippen molar-refractivity contribution >= 4 is 11.7 Å². The molecule has 130 valence electrons. The van der Waals surface area contributed by atoms with Crippen molar-refractivity contribution in [3.05, 3.63) is 77.0 Å². The number of aromatic nitrogens is 3. The van der Waals surface area contributed by atoms with Crippen LogP contribution in [0.4, 0.5) is 10.2 Å². The summed E-state index contributed by atoms with van der Waals surface area (Å²) in [7, 11) is 0. The fraction of sp³-hybridized carbons (Fsp3) is 0.158. The Kier molecular flexibility index (Phi) is 5.04. The lowest BCUT2D eigenvalue weighted by atomic mass is 10.0. The summed E-state index contributed by atoms with van der Waals surface area (Å²) < 4.78 is 15.2. The highest BCUT2D eigenvalue weighted by Crippen LogP contribution is 2.15. The summed E-state index contributed by atoms with van der Waals surface area (Å²) in [5, 5.41) is 15.7. The van der Waals surface area contributed by atoms with E-state index in [0.717, 1.165) is 5.56 Å². The molecule has 6 nitrogen and oxygen atoms in total. The van der Waals surface area contributed by atoms with Crippen LogP contribution < -0.4 is 5.32 Å². The molecular formula is C19H16FN5O. The van der Waals surface area contributed by atoms with Crippen LogP contribution in [0, 0.1) is 17.1 Å². The number of halogens is 1. The third-order valence-corrected chi connectivity index (χ3v) is 3.78. The standard InChI is InChI=1S/C19H16FN5O/c1-2-25-12-16(11-23-25)19(26)24-18-4-3-13(10-22-18)5-14-6-15(9-21)8-17(20)7-14/h3-4,6-8,10-12H,2,5H2,1H3,(H,22,24,26). The summed E-state index contributed by atoms with van der Waals surface area (Å²) in [6.07, 6.45) is 5.23. The first kappa shape index (κ1) is 17.3. The van der Waals surface area contributed by atoms with Gasteiger partial charge in [-0.3, -0.25) is 9.48 Å². The van der Waals surface area contributed by atoms with E-state index >= 15 is 0 Å². The van der Waals surface area contributed by atoms with Gasteiger partial charge in [0.1, 0.15) is 11.6 Å². The Hall–Kier alpha value is -3.53. The first-order valence-corrected chi connectivity index (χ1v) is 8.05. The Morgan fingerprint density at radius 1 is 1.27 bits per heavy atom. The van der Waals surface area contributed by atoms with Crippen LogP contribution in [0.5, 0.6) is 0 Å².